The van der Waals surface area contributed by atoms with E-state index in [0.29, 0.717) is 12.3 Å². The third-order valence-electron chi connectivity index (χ3n) is 1.34. The molecule has 0 aliphatic rings. The summed E-state index contributed by atoms with van der Waals surface area (Å²) < 4.78 is 17.8. The first kappa shape index (κ1) is 8.93. The molecule has 1 aromatic heterocycles. The standard InChI is InChI=1S/C8H10FNO2/c1-2-12-8-3-6(5-11)10-4-7(8)9/h3-4,11H,2,5H2,1H3. The van der Waals surface area contributed by atoms with Crippen LogP contribution in [-0.2, 0) is 6.61 Å². The minimum absolute atomic E-state index is 0.136. The molecule has 0 amide bonds. The molecule has 66 valence electrons. The second-order valence-corrected chi connectivity index (χ2v) is 2.20. The van der Waals surface area contributed by atoms with Crippen LogP contribution in [0.25, 0.3) is 0 Å². The maximum atomic E-state index is 12.8. The molecule has 0 fully saturated rings. The zero-order valence-electron chi connectivity index (χ0n) is 6.75. The SMILES string of the molecule is CCOc1cc(CO)ncc1F. The van der Waals surface area contributed by atoms with E-state index in [0.717, 1.165) is 6.20 Å². The van der Waals surface area contributed by atoms with Crippen molar-refractivity contribution in [3.63, 3.8) is 0 Å². The third kappa shape index (κ3) is 1.92. The molecule has 4 heteroatoms. The van der Waals surface area contributed by atoms with Gasteiger partial charge in [0.15, 0.2) is 11.6 Å². The predicted octanol–water partition coefficient (Wildman–Crippen LogP) is 1.11. The highest BCUT2D eigenvalue weighted by Crippen LogP contribution is 2.16. The molecule has 0 atom stereocenters. The molecular weight excluding hydrogens is 161 g/mol. The zero-order chi connectivity index (χ0) is 8.97. The van der Waals surface area contributed by atoms with Crippen molar-refractivity contribution in [2.24, 2.45) is 0 Å². The largest absolute Gasteiger partial charge is 0.491 e. The van der Waals surface area contributed by atoms with E-state index < -0.39 is 5.82 Å². The Balaban J connectivity index is 2.91. The van der Waals surface area contributed by atoms with Gasteiger partial charge in [-0.15, -0.1) is 0 Å². The Morgan fingerprint density at radius 2 is 2.42 bits per heavy atom. The summed E-state index contributed by atoms with van der Waals surface area (Å²) in [5.74, 6) is -0.370. The van der Waals surface area contributed by atoms with Crippen molar-refractivity contribution < 1.29 is 14.2 Å². The first-order chi connectivity index (χ1) is 5.77. The van der Waals surface area contributed by atoms with Crippen molar-refractivity contribution in [2.75, 3.05) is 6.61 Å². The molecule has 0 bridgehead atoms. The number of aromatic nitrogens is 1. The van der Waals surface area contributed by atoms with Crippen molar-refractivity contribution in [1.82, 2.24) is 4.98 Å². The van der Waals surface area contributed by atoms with Gasteiger partial charge in [0, 0.05) is 6.07 Å². The fraction of sp³-hybridized carbons (Fsp3) is 0.375. The topological polar surface area (TPSA) is 42.4 Å². The van der Waals surface area contributed by atoms with Gasteiger partial charge in [-0.3, -0.25) is 4.98 Å². The molecule has 1 heterocycles. The number of aliphatic hydroxyl groups excluding tert-OH is 1. The fourth-order valence-corrected chi connectivity index (χ4v) is 0.813. The summed E-state index contributed by atoms with van der Waals surface area (Å²) >= 11 is 0. The molecule has 0 unspecified atom stereocenters. The van der Waals surface area contributed by atoms with Crippen LogP contribution in [0.4, 0.5) is 4.39 Å². The third-order valence-corrected chi connectivity index (χ3v) is 1.34. The Bertz CT molecular complexity index is 265. The van der Waals surface area contributed by atoms with Gasteiger partial charge in [-0.25, -0.2) is 4.39 Å². The molecule has 0 spiro atoms. The summed E-state index contributed by atoms with van der Waals surface area (Å²) in [6.07, 6.45) is 1.04. The Kier molecular flexibility index (Phi) is 2.99. The first-order valence-corrected chi connectivity index (χ1v) is 3.66. The van der Waals surface area contributed by atoms with Crippen molar-refractivity contribution >= 4 is 0 Å². The van der Waals surface area contributed by atoms with Crippen molar-refractivity contribution in [3.05, 3.63) is 23.8 Å². The molecule has 0 aliphatic carbocycles. The van der Waals surface area contributed by atoms with E-state index in [-0.39, 0.29) is 12.4 Å². The second kappa shape index (κ2) is 4.01. The molecule has 1 N–H and O–H groups in total. The van der Waals surface area contributed by atoms with Gasteiger partial charge in [-0.1, -0.05) is 0 Å². The minimum atomic E-state index is -0.506. The van der Waals surface area contributed by atoms with Gasteiger partial charge in [-0.2, -0.15) is 0 Å². The van der Waals surface area contributed by atoms with Gasteiger partial charge in [0.1, 0.15) is 0 Å². The maximum absolute atomic E-state index is 12.8. The molecule has 3 nitrogen and oxygen atoms in total. The Morgan fingerprint density at radius 3 is 3.00 bits per heavy atom. The zero-order valence-corrected chi connectivity index (χ0v) is 6.75. The quantitative estimate of drug-likeness (QED) is 0.740. The molecule has 0 aliphatic heterocycles. The smallest absolute Gasteiger partial charge is 0.183 e. The summed E-state index contributed by atoms with van der Waals surface area (Å²) in [5, 5.41) is 8.68. The van der Waals surface area contributed by atoms with Crippen LogP contribution in [0.15, 0.2) is 12.3 Å². The van der Waals surface area contributed by atoms with Crippen LogP contribution in [0.3, 0.4) is 0 Å². The number of nitrogens with zero attached hydrogens (tertiary/aromatic N) is 1. The highest BCUT2D eigenvalue weighted by atomic mass is 19.1. The van der Waals surface area contributed by atoms with Gasteiger partial charge >= 0.3 is 0 Å². The molecule has 1 rings (SSSR count). The second-order valence-electron chi connectivity index (χ2n) is 2.20. The molecule has 1 aromatic rings. The Labute approximate surface area is 69.8 Å². The van der Waals surface area contributed by atoms with Crippen LogP contribution < -0.4 is 4.74 Å². The first-order valence-electron chi connectivity index (χ1n) is 3.66. The summed E-state index contributed by atoms with van der Waals surface area (Å²) in [4.78, 5) is 3.63. The van der Waals surface area contributed by atoms with Gasteiger partial charge < -0.3 is 9.84 Å². The fourth-order valence-electron chi connectivity index (χ4n) is 0.813. The summed E-state index contributed by atoms with van der Waals surface area (Å²) in [6.45, 7) is 1.95. The van der Waals surface area contributed by atoms with Crippen LogP contribution >= 0.6 is 0 Å². The average Bonchev–Trinajstić information content (AvgIpc) is 2.09. The highest BCUT2D eigenvalue weighted by Gasteiger charge is 2.03. The van der Waals surface area contributed by atoms with Crippen molar-refractivity contribution in [1.29, 1.82) is 0 Å². The van der Waals surface area contributed by atoms with E-state index >= 15 is 0 Å². The van der Waals surface area contributed by atoms with E-state index in [2.05, 4.69) is 4.98 Å². The molecule has 0 saturated carbocycles. The van der Waals surface area contributed by atoms with Crippen molar-refractivity contribution in [3.8, 4) is 5.75 Å². The summed E-state index contributed by atoms with van der Waals surface area (Å²) in [5.41, 5.74) is 0.403. The number of hydrogen-bond donors (Lipinski definition) is 1. The molecule has 0 saturated heterocycles. The number of hydrogen-bond acceptors (Lipinski definition) is 3. The van der Waals surface area contributed by atoms with Gasteiger partial charge in [0.25, 0.3) is 0 Å². The predicted molar refractivity (Wildman–Crippen MR) is 41.3 cm³/mol. The summed E-state index contributed by atoms with van der Waals surface area (Å²) in [7, 11) is 0. The van der Waals surface area contributed by atoms with Crippen LogP contribution in [0.5, 0.6) is 5.75 Å². The number of pyridine rings is 1. The minimum Gasteiger partial charge on any atom is -0.491 e. The normalized spacial score (nSPS) is 9.92. The lowest BCUT2D eigenvalue weighted by Gasteiger charge is -2.04. The van der Waals surface area contributed by atoms with E-state index in [9.17, 15) is 4.39 Å². The molecular formula is C8H10FNO2. The van der Waals surface area contributed by atoms with Gasteiger partial charge in [0.2, 0.25) is 0 Å². The van der Waals surface area contributed by atoms with Crippen LogP contribution in [-0.4, -0.2) is 16.7 Å². The Hall–Kier alpha value is -1.16. The molecule has 12 heavy (non-hydrogen) atoms. The number of aliphatic hydroxyl groups is 1. The van der Waals surface area contributed by atoms with Gasteiger partial charge in [-0.05, 0) is 6.92 Å². The van der Waals surface area contributed by atoms with Crippen molar-refractivity contribution in [2.45, 2.75) is 13.5 Å². The van der Waals surface area contributed by atoms with Crippen LogP contribution in [0.1, 0.15) is 12.6 Å². The Morgan fingerprint density at radius 1 is 1.67 bits per heavy atom. The molecule has 0 radical (unpaired) electrons. The lowest BCUT2D eigenvalue weighted by Crippen LogP contribution is -1.98. The van der Waals surface area contributed by atoms with E-state index in [1.165, 1.54) is 6.07 Å². The van der Waals surface area contributed by atoms with Crippen LogP contribution in [0.2, 0.25) is 0 Å². The van der Waals surface area contributed by atoms with E-state index in [1.807, 2.05) is 0 Å². The average molecular weight is 171 g/mol. The molecule has 0 aromatic carbocycles. The lowest BCUT2D eigenvalue weighted by atomic mass is 10.3. The maximum Gasteiger partial charge on any atom is 0.183 e. The number of ether oxygens (including phenoxy) is 1. The summed E-state index contributed by atoms with van der Waals surface area (Å²) in [6, 6.07) is 1.39. The van der Waals surface area contributed by atoms with Gasteiger partial charge in [0.05, 0.1) is 25.1 Å². The lowest BCUT2D eigenvalue weighted by molar-refractivity contribution is 0.273. The highest BCUT2D eigenvalue weighted by molar-refractivity contribution is 5.24. The number of rotatable bonds is 3. The van der Waals surface area contributed by atoms with E-state index in [4.69, 9.17) is 9.84 Å². The van der Waals surface area contributed by atoms with E-state index in [1.54, 1.807) is 6.92 Å². The number of halogens is 1. The van der Waals surface area contributed by atoms with Crippen LogP contribution in [0, 0.1) is 5.82 Å². The monoisotopic (exact) mass is 171 g/mol.